The van der Waals surface area contributed by atoms with Crippen molar-refractivity contribution in [1.29, 1.82) is 0 Å². The van der Waals surface area contributed by atoms with Crippen LogP contribution in [0.1, 0.15) is 23.2 Å². The number of ether oxygens (including phenoxy) is 1. The van der Waals surface area contributed by atoms with Gasteiger partial charge in [0.15, 0.2) is 5.13 Å². The van der Waals surface area contributed by atoms with Crippen molar-refractivity contribution < 1.29 is 17.9 Å². The van der Waals surface area contributed by atoms with Crippen LogP contribution >= 0.6 is 11.3 Å². The first-order valence-electron chi connectivity index (χ1n) is 8.84. The normalized spacial score (nSPS) is 15.0. The number of carbonyl (C=O) groups is 1. The zero-order chi connectivity index (χ0) is 19.7. The van der Waals surface area contributed by atoms with Crippen LogP contribution in [-0.2, 0) is 10.0 Å². The number of para-hydroxylation sites is 1. The van der Waals surface area contributed by atoms with Crippen LogP contribution in [-0.4, -0.2) is 43.8 Å². The van der Waals surface area contributed by atoms with E-state index in [1.807, 2.05) is 24.3 Å². The molecule has 9 heteroatoms. The van der Waals surface area contributed by atoms with E-state index in [0.29, 0.717) is 18.2 Å². The van der Waals surface area contributed by atoms with Crippen LogP contribution in [0.4, 0.5) is 5.13 Å². The van der Waals surface area contributed by atoms with Crippen molar-refractivity contribution in [3.63, 3.8) is 0 Å². The molecule has 4 rings (SSSR count). The maximum atomic E-state index is 13.0. The molecule has 1 aromatic heterocycles. The second-order valence-electron chi connectivity index (χ2n) is 6.42. The van der Waals surface area contributed by atoms with E-state index in [-0.39, 0.29) is 16.2 Å². The summed E-state index contributed by atoms with van der Waals surface area (Å²) in [6.45, 7) is 0.960. The highest BCUT2D eigenvalue weighted by Crippen LogP contribution is 2.31. The summed E-state index contributed by atoms with van der Waals surface area (Å²) in [5.74, 6) is -0.192. The number of rotatable bonds is 5. The van der Waals surface area contributed by atoms with Gasteiger partial charge in [0.2, 0.25) is 10.0 Å². The number of aromatic nitrogens is 1. The van der Waals surface area contributed by atoms with Gasteiger partial charge in [0.1, 0.15) is 10.6 Å². The number of nitrogens with zero attached hydrogens (tertiary/aromatic N) is 2. The molecule has 0 unspecified atom stereocenters. The van der Waals surface area contributed by atoms with Crippen LogP contribution in [0.25, 0.3) is 10.2 Å². The number of anilines is 1. The Labute approximate surface area is 167 Å². The maximum absolute atomic E-state index is 13.0. The van der Waals surface area contributed by atoms with E-state index < -0.39 is 15.9 Å². The molecule has 1 fully saturated rings. The van der Waals surface area contributed by atoms with Crippen molar-refractivity contribution in [2.24, 2.45) is 0 Å². The van der Waals surface area contributed by atoms with Crippen molar-refractivity contribution in [1.82, 2.24) is 9.29 Å². The summed E-state index contributed by atoms with van der Waals surface area (Å²) in [5.41, 5.74) is 1.03. The minimum Gasteiger partial charge on any atom is -0.495 e. The Morgan fingerprint density at radius 3 is 2.64 bits per heavy atom. The lowest BCUT2D eigenvalue weighted by molar-refractivity contribution is 0.102. The fourth-order valence-electron chi connectivity index (χ4n) is 3.18. The van der Waals surface area contributed by atoms with E-state index in [4.69, 9.17) is 4.74 Å². The van der Waals surface area contributed by atoms with Crippen LogP contribution in [0, 0.1) is 0 Å². The zero-order valence-corrected chi connectivity index (χ0v) is 16.8. The summed E-state index contributed by atoms with van der Waals surface area (Å²) < 4.78 is 33.6. The van der Waals surface area contributed by atoms with E-state index in [2.05, 4.69) is 10.3 Å². The third kappa shape index (κ3) is 3.48. The van der Waals surface area contributed by atoms with Crippen molar-refractivity contribution in [3.8, 4) is 5.75 Å². The Morgan fingerprint density at radius 2 is 1.93 bits per heavy atom. The molecule has 1 saturated heterocycles. The second kappa shape index (κ2) is 7.50. The first kappa shape index (κ1) is 18.9. The number of benzene rings is 2. The van der Waals surface area contributed by atoms with Crippen molar-refractivity contribution >= 4 is 42.6 Å². The van der Waals surface area contributed by atoms with Crippen molar-refractivity contribution in [2.75, 3.05) is 25.5 Å². The van der Waals surface area contributed by atoms with Crippen LogP contribution in [0.5, 0.6) is 5.75 Å². The maximum Gasteiger partial charge on any atom is 0.257 e. The summed E-state index contributed by atoms with van der Waals surface area (Å²) in [7, 11) is -2.30. The minimum absolute atomic E-state index is 0.00819. The van der Waals surface area contributed by atoms with Gasteiger partial charge >= 0.3 is 0 Å². The first-order chi connectivity index (χ1) is 13.5. The molecule has 3 aromatic rings. The summed E-state index contributed by atoms with van der Waals surface area (Å²) in [4.78, 5) is 17.1. The van der Waals surface area contributed by atoms with E-state index in [9.17, 15) is 13.2 Å². The quantitative estimate of drug-likeness (QED) is 0.688. The van der Waals surface area contributed by atoms with Gasteiger partial charge in [-0.05, 0) is 43.2 Å². The Bertz CT molecular complexity index is 1100. The van der Waals surface area contributed by atoms with E-state index >= 15 is 0 Å². The number of methoxy groups -OCH3 is 1. The average Bonchev–Trinajstić information content (AvgIpc) is 3.37. The first-order valence-corrected chi connectivity index (χ1v) is 11.1. The summed E-state index contributed by atoms with van der Waals surface area (Å²) >= 11 is 1.36. The molecular weight excluding hydrogens is 398 g/mol. The predicted molar refractivity (Wildman–Crippen MR) is 109 cm³/mol. The van der Waals surface area contributed by atoms with E-state index in [0.717, 1.165) is 23.1 Å². The molecule has 0 spiro atoms. The predicted octanol–water partition coefficient (Wildman–Crippen LogP) is 3.34. The third-order valence-electron chi connectivity index (χ3n) is 4.62. The number of carbonyl (C=O) groups excluding carboxylic acids is 1. The van der Waals surface area contributed by atoms with Gasteiger partial charge in [-0.2, -0.15) is 4.31 Å². The fourth-order valence-corrected chi connectivity index (χ4v) is 5.74. The lowest BCUT2D eigenvalue weighted by Crippen LogP contribution is -2.28. The van der Waals surface area contributed by atoms with Gasteiger partial charge in [-0.3, -0.25) is 10.1 Å². The monoisotopic (exact) mass is 417 g/mol. The minimum atomic E-state index is -3.72. The van der Waals surface area contributed by atoms with Crippen LogP contribution < -0.4 is 10.1 Å². The number of fused-ring (bicyclic) bond motifs is 1. The number of amides is 1. The molecule has 1 N–H and O–H groups in total. The number of nitrogens with one attached hydrogen (secondary N) is 1. The number of sulfonamides is 1. The van der Waals surface area contributed by atoms with Gasteiger partial charge in [0.25, 0.3) is 5.91 Å². The van der Waals surface area contributed by atoms with Gasteiger partial charge in [-0.15, -0.1) is 0 Å². The molecule has 7 nitrogen and oxygen atoms in total. The molecule has 0 saturated carbocycles. The molecule has 1 amide bonds. The lowest BCUT2D eigenvalue weighted by Gasteiger charge is -2.18. The molecule has 1 aliphatic rings. The number of hydrogen-bond acceptors (Lipinski definition) is 6. The largest absolute Gasteiger partial charge is 0.495 e. The van der Waals surface area contributed by atoms with Crippen LogP contribution in [0.3, 0.4) is 0 Å². The van der Waals surface area contributed by atoms with Crippen LogP contribution in [0.2, 0.25) is 0 Å². The zero-order valence-electron chi connectivity index (χ0n) is 15.2. The molecule has 0 atom stereocenters. The summed E-state index contributed by atoms with van der Waals surface area (Å²) in [5, 5.41) is 3.22. The highest BCUT2D eigenvalue weighted by Gasteiger charge is 2.30. The Balaban J connectivity index is 1.65. The fraction of sp³-hybridized carbons (Fsp3) is 0.263. The standard InChI is InChI=1S/C19H19N3O4S2/c1-26-15-9-8-13(12-17(15)28(24,25)22-10-4-5-11-22)18(23)21-19-20-14-6-2-3-7-16(14)27-19/h2-3,6-9,12H,4-5,10-11H2,1H3,(H,20,21,23). The molecule has 2 aromatic carbocycles. The third-order valence-corrected chi connectivity index (χ3v) is 7.49. The van der Waals surface area contributed by atoms with Gasteiger partial charge in [0.05, 0.1) is 17.3 Å². The lowest BCUT2D eigenvalue weighted by atomic mass is 10.2. The van der Waals surface area contributed by atoms with Crippen molar-refractivity contribution in [3.05, 3.63) is 48.0 Å². The second-order valence-corrected chi connectivity index (χ2v) is 9.35. The smallest absolute Gasteiger partial charge is 0.257 e. The Hall–Kier alpha value is -2.49. The highest BCUT2D eigenvalue weighted by molar-refractivity contribution is 7.89. The van der Waals surface area contributed by atoms with E-state index in [1.54, 1.807) is 6.07 Å². The topological polar surface area (TPSA) is 88.6 Å². The molecule has 0 radical (unpaired) electrons. The van der Waals surface area contributed by atoms with Crippen LogP contribution in [0.15, 0.2) is 47.4 Å². The molecule has 1 aliphatic heterocycles. The molecule has 28 heavy (non-hydrogen) atoms. The molecule has 2 heterocycles. The highest BCUT2D eigenvalue weighted by atomic mass is 32.2. The van der Waals surface area contributed by atoms with E-state index in [1.165, 1.54) is 34.9 Å². The Kier molecular flexibility index (Phi) is 5.05. The van der Waals surface area contributed by atoms with Gasteiger partial charge in [-0.25, -0.2) is 13.4 Å². The van der Waals surface area contributed by atoms with Gasteiger partial charge < -0.3 is 4.74 Å². The average molecular weight is 418 g/mol. The van der Waals surface area contributed by atoms with Gasteiger partial charge in [-0.1, -0.05) is 23.5 Å². The van der Waals surface area contributed by atoms with Crippen molar-refractivity contribution in [2.45, 2.75) is 17.7 Å². The SMILES string of the molecule is COc1ccc(C(=O)Nc2nc3ccccc3s2)cc1S(=O)(=O)N1CCCC1. The summed E-state index contributed by atoms with van der Waals surface area (Å²) in [6.07, 6.45) is 1.67. The molecule has 0 bridgehead atoms. The molecular formula is C19H19N3O4S2. The Morgan fingerprint density at radius 1 is 1.18 bits per heavy atom. The molecule has 0 aliphatic carbocycles. The molecule has 146 valence electrons. The number of thiazole rings is 1. The number of hydrogen-bond donors (Lipinski definition) is 1. The summed E-state index contributed by atoms with van der Waals surface area (Å²) in [6, 6.07) is 12.0. The van der Waals surface area contributed by atoms with Gasteiger partial charge in [0, 0.05) is 18.7 Å².